The number of imidazole rings is 1. The van der Waals surface area contributed by atoms with Crippen molar-refractivity contribution in [1.82, 2.24) is 30.0 Å². The summed E-state index contributed by atoms with van der Waals surface area (Å²) in [6.07, 6.45) is 1.58. The maximum Gasteiger partial charge on any atom is 0.294 e. The van der Waals surface area contributed by atoms with Crippen molar-refractivity contribution in [3.05, 3.63) is 48.0 Å². The van der Waals surface area contributed by atoms with Crippen LogP contribution in [0, 0.1) is 0 Å². The number of aromatic amines is 1. The van der Waals surface area contributed by atoms with Gasteiger partial charge in [-0.3, -0.25) is 9.65 Å². The van der Waals surface area contributed by atoms with Crippen molar-refractivity contribution < 1.29 is 13.0 Å². The molecule has 3 heterocycles. The smallest absolute Gasteiger partial charge is 0.294 e. The maximum absolute atomic E-state index is 10.4. The quantitative estimate of drug-likeness (QED) is 0.598. The van der Waals surface area contributed by atoms with E-state index in [4.69, 9.17) is 4.55 Å². The summed E-state index contributed by atoms with van der Waals surface area (Å²) >= 11 is 0. The molecule has 0 fully saturated rings. The van der Waals surface area contributed by atoms with Crippen molar-refractivity contribution >= 4 is 10.1 Å². The summed E-state index contributed by atoms with van der Waals surface area (Å²) in [5.74, 6) is 1.54. The zero-order chi connectivity index (χ0) is 17.9. The summed E-state index contributed by atoms with van der Waals surface area (Å²) < 4.78 is 31.4. The Morgan fingerprint density at radius 2 is 2.00 bits per heavy atom. The van der Waals surface area contributed by atoms with Crippen molar-refractivity contribution in [3.63, 3.8) is 0 Å². The molecule has 0 spiro atoms. The first-order valence-electron chi connectivity index (χ1n) is 7.68. The Kier molecular flexibility index (Phi) is 4.93. The van der Waals surface area contributed by atoms with Gasteiger partial charge in [0, 0.05) is 19.6 Å². The number of H-pyrrole nitrogens is 1. The summed E-state index contributed by atoms with van der Waals surface area (Å²) in [6, 6.07) is 7.42. The Balaban J connectivity index is 0.000000160. The molecule has 4 rings (SSSR count). The number of aromatic nitrogens is 5. The first-order chi connectivity index (χ1) is 12.0. The zero-order valence-electron chi connectivity index (χ0n) is 13.5. The van der Waals surface area contributed by atoms with Gasteiger partial charge in [0.05, 0.1) is 16.3 Å². The van der Waals surface area contributed by atoms with Crippen LogP contribution < -0.4 is 5.32 Å². The van der Waals surface area contributed by atoms with Crippen molar-refractivity contribution in [1.29, 1.82) is 0 Å². The lowest BCUT2D eigenvalue weighted by molar-refractivity contribution is 0.483. The van der Waals surface area contributed by atoms with Crippen LogP contribution in [0.1, 0.15) is 18.3 Å². The van der Waals surface area contributed by atoms with E-state index in [1.54, 1.807) is 24.5 Å². The molecule has 0 bridgehead atoms. The molecular weight excluding hydrogens is 344 g/mol. The van der Waals surface area contributed by atoms with Gasteiger partial charge in [0.25, 0.3) is 10.1 Å². The number of rotatable bonds is 3. The van der Waals surface area contributed by atoms with E-state index >= 15 is 0 Å². The van der Waals surface area contributed by atoms with Crippen molar-refractivity contribution in [2.45, 2.75) is 31.5 Å². The topological polar surface area (TPSA) is 126 Å². The third kappa shape index (κ3) is 3.76. The third-order valence-electron chi connectivity index (χ3n) is 3.71. The Bertz CT molecular complexity index is 935. The van der Waals surface area contributed by atoms with E-state index in [0.717, 1.165) is 31.2 Å². The fourth-order valence-corrected chi connectivity index (χ4v) is 3.10. The number of fused-ring (bicyclic) bond motifs is 1. The van der Waals surface area contributed by atoms with Crippen LogP contribution in [0.4, 0.5) is 0 Å². The molecule has 2 aromatic heterocycles. The SMILES string of the molecule is CCn1c(-c2nc[nH]n2)nc2c1CNC2.O=S(=O)(O)c1ccccc1. The lowest BCUT2D eigenvalue weighted by atomic mass is 10.4. The predicted molar refractivity (Wildman–Crippen MR) is 90.1 cm³/mol. The normalized spacial score (nSPS) is 13.2. The van der Waals surface area contributed by atoms with Crippen LogP contribution >= 0.6 is 0 Å². The van der Waals surface area contributed by atoms with Gasteiger partial charge in [-0.15, -0.1) is 0 Å². The Labute approximate surface area is 144 Å². The van der Waals surface area contributed by atoms with Crippen molar-refractivity contribution in [2.24, 2.45) is 0 Å². The first-order valence-corrected chi connectivity index (χ1v) is 9.12. The van der Waals surface area contributed by atoms with Crippen LogP contribution in [-0.4, -0.2) is 37.7 Å². The van der Waals surface area contributed by atoms with Crippen LogP contribution in [0.5, 0.6) is 0 Å². The summed E-state index contributed by atoms with van der Waals surface area (Å²) in [5.41, 5.74) is 2.38. The van der Waals surface area contributed by atoms with Gasteiger partial charge in [-0.05, 0) is 19.1 Å². The Morgan fingerprint density at radius 3 is 2.56 bits per heavy atom. The van der Waals surface area contributed by atoms with Crippen LogP contribution in [-0.2, 0) is 29.8 Å². The Hall–Kier alpha value is -2.56. The zero-order valence-corrected chi connectivity index (χ0v) is 14.4. The highest BCUT2D eigenvalue weighted by atomic mass is 32.2. The molecule has 1 aliphatic rings. The van der Waals surface area contributed by atoms with E-state index < -0.39 is 10.1 Å². The van der Waals surface area contributed by atoms with Crippen LogP contribution in [0.25, 0.3) is 11.6 Å². The number of hydrogen-bond acceptors (Lipinski definition) is 6. The summed E-state index contributed by atoms with van der Waals surface area (Å²) in [7, 11) is -4.00. The van der Waals surface area contributed by atoms with Crippen LogP contribution in [0.3, 0.4) is 0 Å². The van der Waals surface area contributed by atoms with Gasteiger partial charge < -0.3 is 9.88 Å². The van der Waals surface area contributed by atoms with Gasteiger partial charge in [0.15, 0.2) is 5.82 Å². The number of benzene rings is 1. The fraction of sp³-hybridized carbons (Fsp3) is 0.267. The average molecular weight is 362 g/mol. The minimum atomic E-state index is -4.00. The second kappa shape index (κ2) is 7.13. The van der Waals surface area contributed by atoms with Gasteiger partial charge in [-0.2, -0.15) is 13.5 Å². The molecule has 0 amide bonds. The van der Waals surface area contributed by atoms with E-state index in [1.165, 1.54) is 17.8 Å². The van der Waals surface area contributed by atoms with Crippen LogP contribution in [0.2, 0.25) is 0 Å². The Morgan fingerprint density at radius 1 is 1.24 bits per heavy atom. The number of nitrogens with zero attached hydrogens (tertiary/aromatic N) is 4. The molecule has 1 aliphatic heterocycles. The molecule has 0 aliphatic carbocycles. The first kappa shape index (κ1) is 17.3. The lowest BCUT2D eigenvalue weighted by Crippen LogP contribution is -2.08. The van der Waals surface area contributed by atoms with Crippen molar-refractivity contribution in [3.8, 4) is 11.6 Å². The number of nitrogens with one attached hydrogen (secondary N) is 2. The molecule has 0 atom stereocenters. The molecule has 132 valence electrons. The fourth-order valence-electron chi connectivity index (χ4n) is 2.60. The minimum Gasteiger partial charge on any atom is -0.324 e. The van der Waals surface area contributed by atoms with Gasteiger partial charge in [0.1, 0.15) is 6.33 Å². The lowest BCUT2D eigenvalue weighted by Gasteiger charge is -2.04. The molecule has 0 unspecified atom stereocenters. The molecule has 3 aromatic rings. The van der Waals surface area contributed by atoms with Gasteiger partial charge in [-0.25, -0.2) is 9.97 Å². The molecule has 25 heavy (non-hydrogen) atoms. The molecule has 3 N–H and O–H groups in total. The molecule has 1 aromatic carbocycles. The molecule has 0 saturated heterocycles. The second-order valence-electron chi connectivity index (χ2n) is 5.29. The number of hydrogen-bond donors (Lipinski definition) is 3. The van der Waals surface area contributed by atoms with Crippen molar-refractivity contribution in [2.75, 3.05) is 0 Å². The van der Waals surface area contributed by atoms with Gasteiger partial charge >= 0.3 is 0 Å². The summed E-state index contributed by atoms with van der Waals surface area (Å²) in [5, 5.41) is 10.1. The standard InChI is InChI=1S/C9H12N6.C6H6O3S/c1-2-15-7-4-10-3-6(7)13-9(15)8-11-5-12-14-8;7-10(8,9)6-4-2-1-3-5-6/h5,10H,2-4H2,1H3,(H,11,12,14);1-5H,(H,7,8,9). The van der Waals surface area contributed by atoms with E-state index in [1.807, 2.05) is 0 Å². The monoisotopic (exact) mass is 362 g/mol. The average Bonchev–Trinajstić information content (AvgIpc) is 3.31. The second-order valence-corrected chi connectivity index (χ2v) is 6.71. The molecule has 0 radical (unpaired) electrons. The minimum absolute atomic E-state index is 0.0741. The summed E-state index contributed by atoms with van der Waals surface area (Å²) in [6.45, 7) is 4.74. The van der Waals surface area contributed by atoms with E-state index in [2.05, 4.69) is 37.0 Å². The van der Waals surface area contributed by atoms with E-state index in [-0.39, 0.29) is 4.90 Å². The van der Waals surface area contributed by atoms with Crippen LogP contribution in [0.15, 0.2) is 41.6 Å². The third-order valence-corrected chi connectivity index (χ3v) is 4.58. The summed E-state index contributed by atoms with van der Waals surface area (Å²) in [4.78, 5) is 8.62. The highest BCUT2D eigenvalue weighted by Crippen LogP contribution is 2.22. The molecular formula is C15H18N6O3S. The predicted octanol–water partition coefficient (Wildman–Crippen LogP) is 1.22. The molecule has 10 heteroatoms. The van der Waals surface area contributed by atoms with Gasteiger partial charge in [-0.1, -0.05) is 18.2 Å². The largest absolute Gasteiger partial charge is 0.324 e. The van der Waals surface area contributed by atoms with Gasteiger partial charge in [0.2, 0.25) is 5.82 Å². The maximum atomic E-state index is 10.4. The highest BCUT2D eigenvalue weighted by Gasteiger charge is 2.22. The van der Waals surface area contributed by atoms with E-state index in [0.29, 0.717) is 5.82 Å². The van der Waals surface area contributed by atoms with E-state index in [9.17, 15) is 8.42 Å². The highest BCUT2D eigenvalue weighted by molar-refractivity contribution is 7.85. The molecule has 9 nitrogen and oxygen atoms in total. The molecule has 0 saturated carbocycles.